The molecule has 18 heavy (non-hydrogen) atoms. The van der Waals surface area contributed by atoms with E-state index in [0.29, 0.717) is 15.7 Å². The zero-order valence-corrected chi connectivity index (χ0v) is 10.9. The third-order valence-corrected chi connectivity index (χ3v) is 3.47. The molecule has 0 aliphatic carbocycles. The van der Waals surface area contributed by atoms with E-state index in [-0.39, 0.29) is 0 Å². The van der Waals surface area contributed by atoms with Crippen molar-refractivity contribution in [3.63, 3.8) is 0 Å². The first kappa shape index (κ1) is 14.8. The fourth-order valence-corrected chi connectivity index (χ4v) is 2.13. The lowest BCUT2D eigenvalue weighted by Crippen LogP contribution is -2.14. The number of benzene rings is 1. The zero-order valence-electron chi connectivity index (χ0n) is 9.38. The quantitative estimate of drug-likeness (QED) is 0.286. The number of carbonyl (C=O) groups is 1. The summed E-state index contributed by atoms with van der Waals surface area (Å²) < 4.78 is 11.8. The van der Waals surface area contributed by atoms with Crippen LogP contribution in [-0.4, -0.2) is 21.4 Å². The van der Waals surface area contributed by atoms with E-state index in [1.807, 2.05) is 0 Å². The van der Waals surface area contributed by atoms with Crippen LogP contribution in [0.2, 0.25) is 5.02 Å². The minimum Gasteiger partial charge on any atom is -0.611 e. The first-order valence-electron chi connectivity index (χ1n) is 5.04. The van der Waals surface area contributed by atoms with Crippen molar-refractivity contribution >= 4 is 28.7 Å². The predicted molar refractivity (Wildman–Crippen MR) is 70.9 cm³/mol. The van der Waals surface area contributed by atoms with Crippen LogP contribution < -0.4 is 5.48 Å². The summed E-state index contributed by atoms with van der Waals surface area (Å²) in [5.41, 5.74) is 1.46. The summed E-state index contributed by atoms with van der Waals surface area (Å²) in [5, 5.41) is 8.82. The van der Waals surface area contributed by atoms with E-state index in [9.17, 15) is 9.35 Å². The topological polar surface area (TPSA) is 72.4 Å². The molecule has 0 aliphatic heterocycles. The highest BCUT2D eigenvalue weighted by molar-refractivity contribution is 7.91. The standard InChI is InChI=1S/C12H12ClNO3S/c13-10-5-7-11(8-6-10)18(17)9-3-1-2-4-12(15)14-16/h1-8,16H,9H2,(H,14,15)/b3-1+,4-2+. The van der Waals surface area contributed by atoms with Crippen molar-refractivity contribution < 1.29 is 14.6 Å². The van der Waals surface area contributed by atoms with Crippen molar-refractivity contribution in [2.75, 3.05) is 5.75 Å². The van der Waals surface area contributed by atoms with Crippen molar-refractivity contribution in [1.82, 2.24) is 5.48 Å². The molecule has 0 bridgehead atoms. The largest absolute Gasteiger partial charge is 0.611 e. The van der Waals surface area contributed by atoms with E-state index in [1.54, 1.807) is 36.4 Å². The smallest absolute Gasteiger partial charge is 0.267 e. The van der Waals surface area contributed by atoms with Crippen molar-refractivity contribution in [3.8, 4) is 0 Å². The Balaban J connectivity index is 2.43. The molecule has 0 saturated heterocycles. The Labute approximate surface area is 113 Å². The molecule has 6 heteroatoms. The average molecular weight is 286 g/mol. The van der Waals surface area contributed by atoms with Gasteiger partial charge < -0.3 is 4.55 Å². The van der Waals surface area contributed by atoms with Gasteiger partial charge in [0.05, 0.1) is 0 Å². The maximum absolute atomic E-state index is 11.8. The van der Waals surface area contributed by atoms with Crippen LogP contribution in [0, 0.1) is 0 Å². The summed E-state index contributed by atoms with van der Waals surface area (Å²) in [6.45, 7) is 0. The number of hydroxylamine groups is 1. The molecule has 1 aromatic rings. The van der Waals surface area contributed by atoms with Crippen molar-refractivity contribution in [2.45, 2.75) is 4.90 Å². The van der Waals surface area contributed by atoms with E-state index >= 15 is 0 Å². The Bertz CT molecular complexity index is 445. The number of rotatable bonds is 5. The molecule has 96 valence electrons. The lowest BCUT2D eigenvalue weighted by Gasteiger charge is -2.07. The molecule has 0 spiro atoms. The fourth-order valence-electron chi connectivity index (χ4n) is 1.08. The van der Waals surface area contributed by atoms with Gasteiger partial charge in [0.2, 0.25) is 0 Å². The van der Waals surface area contributed by atoms with Crippen molar-refractivity contribution in [3.05, 3.63) is 53.6 Å². The van der Waals surface area contributed by atoms with Gasteiger partial charge in [-0.05, 0) is 41.5 Å². The van der Waals surface area contributed by atoms with Gasteiger partial charge in [0.25, 0.3) is 5.91 Å². The van der Waals surface area contributed by atoms with E-state index in [2.05, 4.69) is 0 Å². The van der Waals surface area contributed by atoms with E-state index in [1.165, 1.54) is 11.6 Å². The molecule has 1 aromatic carbocycles. The second-order valence-electron chi connectivity index (χ2n) is 3.23. The number of carbonyl (C=O) groups excluding carboxylic acids is 1. The first-order valence-corrected chi connectivity index (χ1v) is 6.74. The van der Waals surface area contributed by atoms with Crippen LogP contribution >= 0.6 is 11.6 Å². The van der Waals surface area contributed by atoms with Crippen LogP contribution in [0.25, 0.3) is 0 Å². The average Bonchev–Trinajstić information content (AvgIpc) is 2.38. The Morgan fingerprint density at radius 3 is 2.67 bits per heavy atom. The lowest BCUT2D eigenvalue weighted by molar-refractivity contribution is -0.124. The highest BCUT2D eigenvalue weighted by atomic mass is 35.5. The van der Waals surface area contributed by atoms with Gasteiger partial charge in [-0.3, -0.25) is 10.0 Å². The molecule has 1 unspecified atom stereocenters. The maximum atomic E-state index is 11.8. The maximum Gasteiger partial charge on any atom is 0.267 e. The molecule has 0 heterocycles. The summed E-state index contributed by atoms with van der Waals surface area (Å²) in [6.07, 6.45) is 5.86. The van der Waals surface area contributed by atoms with Gasteiger partial charge in [0.1, 0.15) is 5.75 Å². The van der Waals surface area contributed by atoms with Crippen LogP contribution in [-0.2, 0) is 16.0 Å². The van der Waals surface area contributed by atoms with Gasteiger partial charge in [-0.1, -0.05) is 23.8 Å². The summed E-state index contributed by atoms with van der Waals surface area (Å²) in [7, 11) is 0. The highest BCUT2D eigenvalue weighted by Crippen LogP contribution is 2.15. The molecule has 0 saturated carbocycles. The molecule has 0 aromatic heterocycles. The van der Waals surface area contributed by atoms with E-state index < -0.39 is 17.1 Å². The van der Waals surface area contributed by atoms with Gasteiger partial charge in [-0.2, -0.15) is 0 Å². The Hall–Kier alpha value is -1.27. The number of allylic oxidation sites excluding steroid dienone is 2. The molecule has 2 N–H and O–H groups in total. The summed E-state index contributed by atoms with van der Waals surface area (Å²) >= 11 is 4.59. The minimum absolute atomic E-state index is 0.340. The van der Waals surface area contributed by atoms with E-state index in [4.69, 9.17) is 16.8 Å². The molecule has 1 atom stereocenters. The Morgan fingerprint density at radius 1 is 1.39 bits per heavy atom. The zero-order chi connectivity index (χ0) is 13.4. The molecule has 0 aliphatic rings. The fraction of sp³-hybridized carbons (Fsp3) is 0.0833. The van der Waals surface area contributed by atoms with Crippen LogP contribution in [0.3, 0.4) is 0 Å². The molecule has 1 amide bonds. The van der Waals surface area contributed by atoms with Gasteiger partial charge in [-0.15, -0.1) is 0 Å². The Kier molecular flexibility index (Phi) is 6.53. The summed E-state index contributed by atoms with van der Waals surface area (Å²) in [4.78, 5) is 11.3. The van der Waals surface area contributed by atoms with Gasteiger partial charge in [0.15, 0.2) is 4.90 Å². The number of nitrogens with one attached hydrogen (secondary N) is 1. The number of halogens is 1. The first-order chi connectivity index (χ1) is 8.63. The van der Waals surface area contributed by atoms with Gasteiger partial charge in [0, 0.05) is 11.1 Å². The third-order valence-electron chi connectivity index (χ3n) is 1.93. The molecule has 0 fully saturated rings. The number of hydrogen-bond donors (Lipinski definition) is 2. The molecule has 0 radical (unpaired) electrons. The van der Waals surface area contributed by atoms with Crippen molar-refractivity contribution in [2.24, 2.45) is 0 Å². The van der Waals surface area contributed by atoms with Gasteiger partial charge in [-0.25, -0.2) is 5.48 Å². The third kappa shape index (κ3) is 5.37. The van der Waals surface area contributed by atoms with Crippen LogP contribution in [0.5, 0.6) is 0 Å². The number of amides is 1. The number of hydrogen-bond acceptors (Lipinski definition) is 3. The second kappa shape index (κ2) is 7.94. The van der Waals surface area contributed by atoms with Gasteiger partial charge >= 0.3 is 0 Å². The molecule has 1 rings (SSSR count). The van der Waals surface area contributed by atoms with Crippen LogP contribution in [0.1, 0.15) is 0 Å². The summed E-state index contributed by atoms with van der Waals surface area (Å²) in [5.74, 6) is -0.273. The minimum atomic E-state index is -1.14. The lowest BCUT2D eigenvalue weighted by atomic mass is 10.4. The van der Waals surface area contributed by atoms with Crippen LogP contribution in [0.4, 0.5) is 0 Å². The Morgan fingerprint density at radius 2 is 2.06 bits per heavy atom. The van der Waals surface area contributed by atoms with E-state index in [0.717, 1.165) is 6.08 Å². The highest BCUT2D eigenvalue weighted by Gasteiger charge is 2.07. The molecule has 4 nitrogen and oxygen atoms in total. The SMILES string of the molecule is O=C(/C=C/C=C/C[S+]([O-])c1ccc(Cl)cc1)NO. The second-order valence-corrected chi connectivity index (χ2v) is 5.16. The summed E-state index contributed by atoms with van der Waals surface area (Å²) in [6, 6.07) is 6.79. The predicted octanol–water partition coefficient (Wildman–Crippen LogP) is 2.07. The normalized spacial score (nSPS) is 13.1. The molecular weight excluding hydrogens is 274 g/mol. The molecular formula is C12H12ClNO3S. The van der Waals surface area contributed by atoms with Crippen LogP contribution in [0.15, 0.2) is 53.5 Å². The van der Waals surface area contributed by atoms with Crippen molar-refractivity contribution in [1.29, 1.82) is 0 Å². The monoisotopic (exact) mass is 285 g/mol.